The molecule has 1 saturated carbocycles. The van der Waals surface area contributed by atoms with Gasteiger partial charge in [-0.15, -0.1) is 0 Å². The van der Waals surface area contributed by atoms with E-state index in [2.05, 4.69) is 19.9 Å². The summed E-state index contributed by atoms with van der Waals surface area (Å²) in [5, 5.41) is 9.53. The van der Waals surface area contributed by atoms with Gasteiger partial charge in [0.25, 0.3) is 0 Å². The minimum absolute atomic E-state index is 0.0468. The summed E-state index contributed by atoms with van der Waals surface area (Å²) in [7, 11) is 0. The summed E-state index contributed by atoms with van der Waals surface area (Å²) in [4.78, 5) is 26.4. The smallest absolute Gasteiger partial charge is 0.310 e. The number of carboxylic acid groups (broad SMARTS) is 1. The summed E-state index contributed by atoms with van der Waals surface area (Å²) in [6.45, 7) is 5.77. The molecule has 5 nitrogen and oxygen atoms in total. The van der Waals surface area contributed by atoms with Crippen molar-refractivity contribution in [2.75, 3.05) is 13.1 Å². The molecular formula is C19H23NO4. The number of carbonyl (C=O) groups excluding carboxylic acids is 1. The van der Waals surface area contributed by atoms with Crippen LogP contribution in [0, 0.1) is 29.1 Å². The van der Waals surface area contributed by atoms with E-state index in [0.29, 0.717) is 24.4 Å². The molecule has 2 saturated heterocycles. The average Bonchev–Trinajstić information content (AvgIpc) is 3.16. The number of allylic oxidation sites excluding steroid dienone is 1. The first-order chi connectivity index (χ1) is 11.3. The number of fused-ring (bicyclic) bond motifs is 2. The van der Waals surface area contributed by atoms with E-state index < -0.39 is 29.5 Å². The zero-order chi connectivity index (χ0) is 16.9. The van der Waals surface area contributed by atoms with Crippen LogP contribution in [0.15, 0.2) is 23.8 Å². The number of likely N-dealkylation sites (tertiary alicyclic amines) is 1. The van der Waals surface area contributed by atoms with Crippen LogP contribution >= 0.6 is 0 Å². The maximum absolute atomic E-state index is 13.0. The molecule has 4 bridgehead atoms. The molecule has 0 aromatic heterocycles. The molecule has 3 heterocycles. The van der Waals surface area contributed by atoms with E-state index in [0.717, 1.165) is 12.3 Å². The summed E-state index contributed by atoms with van der Waals surface area (Å²) in [5.74, 6) is -0.934. The van der Waals surface area contributed by atoms with Gasteiger partial charge in [0.15, 0.2) is 0 Å². The van der Waals surface area contributed by atoms with Crippen molar-refractivity contribution in [3.63, 3.8) is 0 Å². The van der Waals surface area contributed by atoms with Gasteiger partial charge in [0, 0.05) is 6.54 Å². The lowest BCUT2D eigenvalue weighted by molar-refractivity contribution is -0.148. The lowest BCUT2D eigenvalue weighted by Gasteiger charge is -2.56. The number of carboxylic acids is 1. The minimum Gasteiger partial charge on any atom is -0.481 e. The number of ether oxygens (including phenoxy) is 1. The van der Waals surface area contributed by atoms with E-state index in [9.17, 15) is 14.7 Å². The van der Waals surface area contributed by atoms with Crippen LogP contribution in [0.1, 0.15) is 26.7 Å². The zero-order valence-corrected chi connectivity index (χ0v) is 14.1. The van der Waals surface area contributed by atoms with Crippen molar-refractivity contribution >= 4 is 11.9 Å². The van der Waals surface area contributed by atoms with Crippen LogP contribution in [0.25, 0.3) is 0 Å². The normalized spacial score (nSPS) is 46.8. The molecule has 1 spiro atoms. The predicted octanol–water partition coefficient (Wildman–Crippen LogP) is 1.85. The Hall–Kier alpha value is -1.62. The van der Waals surface area contributed by atoms with Gasteiger partial charge in [-0.05, 0) is 30.1 Å². The molecule has 6 atom stereocenters. The Kier molecular flexibility index (Phi) is 2.64. The molecule has 128 valence electrons. The Morgan fingerprint density at radius 2 is 2.25 bits per heavy atom. The average molecular weight is 329 g/mol. The Labute approximate surface area is 141 Å². The molecule has 1 N–H and O–H groups in total. The van der Waals surface area contributed by atoms with E-state index in [1.54, 1.807) is 0 Å². The van der Waals surface area contributed by atoms with Crippen molar-refractivity contribution in [3.05, 3.63) is 23.8 Å². The largest absolute Gasteiger partial charge is 0.481 e. The third kappa shape index (κ3) is 1.59. The number of hydrogen-bond acceptors (Lipinski definition) is 3. The highest BCUT2D eigenvalue weighted by Gasteiger charge is 2.67. The molecule has 6 aliphatic rings. The number of carbonyl (C=O) groups is 2. The van der Waals surface area contributed by atoms with Crippen molar-refractivity contribution in [2.24, 2.45) is 29.1 Å². The van der Waals surface area contributed by atoms with E-state index in [4.69, 9.17) is 4.74 Å². The van der Waals surface area contributed by atoms with Gasteiger partial charge in [0.2, 0.25) is 5.91 Å². The quantitative estimate of drug-likeness (QED) is 0.803. The standard InChI is InChI=1S/C19H23NO4/c1-18(2)11-4-3-10(12(18)7-11)8-20-9-19-6-5-13(24-19)14(17(22)23)15(19)16(20)21/h3,5-6,11-15H,4,7-9H2,1-2H3,(H,22,23)/t11-,12+,13+,14-,15+,19+/m0/s1. The summed E-state index contributed by atoms with van der Waals surface area (Å²) in [5.41, 5.74) is 0.981. The zero-order valence-electron chi connectivity index (χ0n) is 14.1. The van der Waals surface area contributed by atoms with E-state index in [1.165, 1.54) is 12.0 Å². The highest BCUT2D eigenvalue weighted by Crippen LogP contribution is 2.60. The Morgan fingerprint density at radius 3 is 2.92 bits per heavy atom. The van der Waals surface area contributed by atoms with Gasteiger partial charge >= 0.3 is 5.97 Å². The van der Waals surface area contributed by atoms with Crippen molar-refractivity contribution in [1.82, 2.24) is 4.90 Å². The first-order valence-electron chi connectivity index (χ1n) is 8.91. The third-order valence-electron chi connectivity index (χ3n) is 7.42. The number of hydrogen-bond donors (Lipinski definition) is 1. The molecule has 24 heavy (non-hydrogen) atoms. The first kappa shape index (κ1) is 14.7. The Bertz CT molecular complexity index is 708. The summed E-state index contributed by atoms with van der Waals surface area (Å²) in [6, 6.07) is 0. The lowest BCUT2D eigenvalue weighted by Crippen LogP contribution is -2.50. The monoisotopic (exact) mass is 329 g/mol. The fraction of sp³-hybridized carbons (Fsp3) is 0.684. The second-order valence-electron chi connectivity index (χ2n) is 8.75. The van der Waals surface area contributed by atoms with Gasteiger partial charge in [-0.1, -0.05) is 37.6 Å². The number of aliphatic carboxylic acids is 1. The topological polar surface area (TPSA) is 66.8 Å². The van der Waals surface area contributed by atoms with Gasteiger partial charge in [-0.2, -0.15) is 0 Å². The molecule has 3 fully saturated rings. The number of nitrogens with zero attached hydrogens (tertiary/aromatic N) is 1. The van der Waals surface area contributed by atoms with Crippen LogP contribution in [-0.4, -0.2) is 46.7 Å². The second-order valence-corrected chi connectivity index (χ2v) is 8.75. The molecule has 0 unspecified atom stereocenters. The molecule has 6 rings (SSSR count). The van der Waals surface area contributed by atoms with Crippen molar-refractivity contribution in [1.29, 1.82) is 0 Å². The lowest BCUT2D eigenvalue weighted by atomic mass is 9.49. The van der Waals surface area contributed by atoms with Crippen LogP contribution in [-0.2, 0) is 14.3 Å². The Balaban J connectivity index is 1.40. The second kappa shape index (κ2) is 4.31. The van der Waals surface area contributed by atoms with Gasteiger partial charge in [0.1, 0.15) is 11.5 Å². The van der Waals surface area contributed by atoms with Crippen LogP contribution in [0.3, 0.4) is 0 Å². The van der Waals surface area contributed by atoms with Gasteiger partial charge in [-0.25, -0.2) is 0 Å². The highest BCUT2D eigenvalue weighted by molar-refractivity contribution is 5.90. The molecule has 0 aromatic carbocycles. The summed E-state index contributed by atoms with van der Waals surface area (Å²) < 4.78 is 5.95. The van der Waals surface area contributed by atoms with Crippen LogP contribution in [0.5, 0.6) is 0 Å². The Morgan fingerprint density at radius 1 is 1.46 bits per heavy atom. The van der Waals surface area contributed by atoms with Crippen molar-refractivity contribution in [2.45, 2.75) is 38.4 Å². The maximum Gasteiger partial charge on any atom is 0.310 e. The fourth-order valence-corrected chi connectivity index (χ4v) is 5.87. The molecule has 5 heteroatoms. The first-order valence-corrected chi connectivity index (χ1v) is 8.91. The van der Waals surface area contributed by atoms with E-state index in [-0.39, 0.29) is 5.91 Å². The highest BCUT2D eigenvalue weighted by atomic mass is 16.5. The molecule has 3 aliphatic heterocycles. The fourth-order valence-electron chi connectivity index (χ4n) is 5.87. The van der Waals surface area contributed by atoms with E-state index in [1.807, 2.05) is 17.1 Å². The maximum atomic E-state index is 13.0. The molecular weight excluding hydrogens is 306 g/mol. The SMILES string of the molecule is CC1(C)[C@H]2CC=C(CN3C[C@@]45C=C[C@@H](O4)[C@H](C(=O)O)[C@@H]5C3=O)[C@H]1C2. The van der Waals surface area contributed by atoms with E-state index >= 15 is 0 Å². The number of rotatable bonds is 3. The molecule has 0 aromatic rings. The van der Waals surface area contributed by atoms with Crippen molar-refractivity contribution in [3.8, 4) is 0 Å². The minimum atomic E-state index is -0.925. The third-order valence-corrected chi connectivity index (χ3v) is 7.42. The van der Waals surface area contributed by atoms with Crippen LogP contribution < -0.4 is 0 Å². The van der Waals surface area contributed by atoms with Crippen LogP contribution in [0.2, 0.25) is 0 Å². The predicted molar refractivity (Wildman–Crippen MR) is 86.0 cm³/mol. The van der Waals surface area contributed by atoms with Gasteiger partial charge < -0.3 is 14.7 Å². The number of amides is 1. The van der Waals surface area contributed by atoms with Crippen LogP contribution in [0.4, 0.5) is 0 Å². The van der Waals surface area contributed by atoms with Crippen molar-refractivity contribution < 1.29 is 19.4 Å². The summed E-state index contributed by atoms with van der Waals surface area (Å²) >= 11 is 0. The summed E-state index contributed by atoms with van der Waals surface area (Å²) in [6.07, 6.45) is 7.95. The molecule has 3 aliphatic carbocycles. The van der Waals surface area contributed by atoms with Gasteiger partial charge in [-0.3, -0.25) is 9.59 Å². The molecule has 0 radical (unpaired) electrons. The van der Waals surface area contributed by atoms with Gasteiger partial charge in [0.05, 0.1) is 18.6 Å². The molecule has 1 amide bonds.